The molecule has 0 aliphatic carbocycles. The van der Waals surface area contributed by atoms with Crippen molar-refractivity contribution < 1.29 is 9.18 Å². The lowest BCUT2D eigenvalue weighted by Crippen LogP contribution is -2.24. The first kappa shape index (κ1) is 10.9. The van der Waals surface area contributed by atoms with Crippen molar-refractivity contribution in [3.8, 4) is 6.07 Å². The molecule has 1 aliphatic heterocycles. The molecule has 3 nitrogen and oxygen atoms in total. The molecule has 1 amide bonds. The second-order valence-corrected chi connectivity index (χ2v) is 4.10. The Morgan fingerprint density at radius 1 is 1.50 bits per heavy atom. The Labute approximate surface area is 97.0 Å². The van der Waals surface area contributed by atoms with E-state index < -0.39 is 5.82 Å². The number of carbonyl (C=O) groups excluding carboxylic acids is 1. The molecule has 0 bridgehead atoms. The zero-order valence-corrected chi connectivity index (χ0v) is 9.04. The van der Waals surface area contributed by atoms with Crippen LogP contribution >= 0.6 is 11.6 Å². The van der Waals surface area contributed by atoms with Gasteiger partial charge in [-0.25, -0.2) is 4.39 Å². The van der Waals surface area contributed by atoms with Crippen LogP contribution in [0.1, 0.15) is 6.42 Å². The van der Waals surface area contributed by atoms with Crippen molar-refractivity contribution in [1.82, 2.24) is 0 Å². The molecule has 1 aromatic carbocycles. The standard InChI is InChI=1S/C11H8ClFN2O/c12-8-2-9(13)4-10(3-8)15-6-7(5-14)1-11(15)16/h2-4,7H,1,6H2. The molecule has 5 heteroatoms. The summed E-state index contributed by atoms with van der Waals surface area (Å²) < 4.78 is 13.1. The van der Waals surface area contributed by atoms with Gasteiger partial charge in [0.05, 0.1) is 12.0 Å². The quantitative estimate of drug-likeness (QED) is 0.754. The summed E-state index contributed by atoms with van der Waals surface area (Å²) in [4.78, 5) is 13.0. The molecule has 1 saturated heterocycles. The van der Waals surface area contributed by atoms with Crippen molar-refractivity contribution in [2.75, 3.05) is 11.4 Å². The third-order valence-electron chi connectivity index (χ3n) is 2.47. The molecule has 2 rings (SSSR count). The molecule has 0 aromatic heterocycles. The Hall–Kier alpha value is -1.60. The fourth-order valence-corrected chi connectivity index (χ4v) is 1.95. The fourth-order valence-electron chi connectivity index (χ4n) is 1.74. The number of nitrogens with zero attached hydrogens (tertiary/aromatic N) is 2. The van der Waals surface area contributed by atoms with E-state index in [1.165, 1.54) is 23.1 Å². The van der Waals surface area contributed by atoms with Gasteiger partial charge in [-0.1, -0.05) is 11.6 Å². The molecule has 0 radical (unpaired) electrons. The molecule has 1 unspecified atom stereocenters. The number of carbonyl (C=O) groups is 1. The maximum absolute atomic E-state index is 13.1. The number of amides is 1. The van der Waals surface area contributed by atoms with Crippen LogP contribution in [-0.4, -0.2) is 12.5 Å². The third-order valence-corrected chi connectivity index (χ3v) is 2.68. The molecule has 0 N–H and O–H groups in total. The second-order valence-electron chi connectivity index (χ2n) is 3.66. The van der Waals surface area contributed by atoms with Crippen molar-refractivity contribution in [2.45, 2.75) is 6.42 Å². The van der Waals surface area contributed by atoms with Crippen molar-refractivity contribution >= 4 is 23.2 Å². The first-order chi connectivity index (χ1) is 7.60. The number of rotatable bonds is 1. The van der Waals surface area contributed by atoms with E-state index in [0.29, 0.717) is 12.2 Å². The monoisotopic (exact) mass is 238 g/mol. The van der Waals surface area contributed by atoms with Gasteiger partial charge in [-0.05, 0) is 18.2 Å². The van der Waals surface area contributed by atoms with Gasteiger partial charge in [0.2, 0.25) is 5.91 Å². The SMILES string of the molecule is N#CC1CC(=O)N(c2cc(F)cc(Cl)c2)C1. The lowest BCUT2D eigenvalue weighted by molar-refractivity contribution is -0.117. The lowest BCUT2D eigenvalue weighted by atomic mass is 10.1. The molecule has 1 fully saturated rings. The minimum Gasteiger partial charge on any atom is -0.311 e. The van der Waals surface area contributed by atoms with Crippen LogP contribution in [0, 0.1) is 23.1 Å². The van der Waals surface area contributed by atoms with E-state index >= 15 is 0 Å². The normalized spacial score (nSPS) is 19.9. The Morgan fingerprint density at radius 2 is 2.25 bits per heavy atom. The molecular formula is C11H8ClFN2O. The topological polar surface area (TPSA) is 44.1 Å². The van der Waals surface area contributed by atoms with Crippen molar-refractivity contribution in [3.05, 3.63) is 29.0 Å². The molecular weight excluding hydrogens is 231 g/mol. The highest BCUT2D eigenvalue weighted by Gasteiger charge is 2.30. The zero-order chi connectivity index (χ0) is 11.7. The summed E-state index contributed by atoms with van der Waals surface area (Å²) >= 11 is 5.70. The van der Waals surface area contributed by atoms with Gasteiger partial charge >= 0.3 is 0 Å². The molecule has 1 heterocycles. The number of hydrogen-bond acceptors (Lipinski definition) is 2. The van der Waals surface area contributed by atoms with Crippen molar-refractivity contribution in [2.24, 2.45) is 5.92 Å². The van der Waals surface area contributed by atoms with E-state index in [0.717, 1.165) is 0 Å². The summed E-state index contributed by atoms with van der Waals surface area (Å²) in [6, 6.07) is 5.96. The number of hydrogen-bond donors (Lipinski definition) is 0. The minimum absolute atomic E-state index is 0.173. The van der Waals surface area contributed by atoms with Gasteiger partial charge in [-0.2, -0.15) is 5.26 Å². The largest absolute Gasteiger partial charge is 0.311 e. The van der Waals surface area contributed by atoms with Gasteiger partial charge in [-0.3, -0.25) is 4.79 Å². The molecule has 1 aliphatic rings. The van der Waals surface area contributed by atoms with Crippen LogP contribution in [0.4, 0.5) is 10.1 Å². The van der Waals surface area contributed by atoms with E-state index in [1.807, 2.05) is 6.07 Å². The highest BCUT2D eigenvalue weighted by atomic mass is 35.5. The van der Waals surface area contributed by atoms with Crippen molar-refractivity contribution in [3.63, 3.8) is 0 Å². The molecule has 82 valence electrons. The number of benzene rings is 1. The highest BCUT2D eigenvalue weighted by molar-refractivity contribution is 6.31. The van der Waals surface area contributed by atoms with E-state index in [9.17, 15) is 9.18 Å². The third kappa shape index (κ3) is 2.00. The predicted octanol–water partition coefficient (Wildman–Crippen LogP) is 2.36. The molecule has 0 spiro atoms. The summed E-state index contributed by atoms with van der Waals surface area (Å²) in [7, 11) is 0. The van der Waals surface area contributed by atoms with Crippen LogP contribution in [0.3, 0.4) is 0 Å². The second kappa shape index (κ2) is 4.11. The summed E-state index contributed by atoms with van der Waals surface area (Å²) in [6.45, 7) is 0.301. The average molecular weight is 239 g/mol. The summed E-state index contributed by atoms with van der Waals surface area (Å²) in [5, 5.41) is 8.97. The first-order valence-electron chi connectivity index (χ1n) is 4.76. The Morgan fingerprint density at radius 3 is 2.81 bits per heavy atom. The van der Waals surface area contributed by atoms with Crippen LogP contribution in [0.2, 0.25) is 5.02 Å². The van der Waals surface area contributed by atoms with E-state index in [1.54, 1.807) is 0 Å². The molecule has 1 atom stereocenters. The van der Waals surface area contributed by atoms with Crippen LogP contribution < -0.4 is 4.90 Å². The van der Waals surface area contributed by atoms with Gasteiger partial charge in [-0.15, -0.1) is 0 Å². The van der Waals surface area contributed by atoms with E-state index in [-0.39, 0.29) is 23.3 Å². The molecule has 1 aromatic rings. The minimum atomic E-state index is -0.490. The maximum Gasteiger partial charge on any atom is 0.228 e. The summed E-state index contributed by atoms with van der Waals surface area (Å²) in [5.41, 5.74) is 0.410. The van der Waals surface area contributed by atoms with Gasteiger partial charge < -0.3 is 4.90 Å². The van der Waals surface area contributed by atoms with E-state index in [4.69, 9.17) is 16.9 Å². The number of nitriles is 1. The number of halogens is 2. The van der Waals surface area contributed by atoms with Gasteiger partial charge in [0, 0.05) is 23.7 Å². The lowest BCUT2D eigenvalue weighted by Gasteiger charge is -2.16. The summed E-state index contributed by atoms with van der Waals surface area (Å²) in [5.74, 6) is -0.988. The first-order valence-corrected chi connectivity index (χ1v) is 5.14. The Balaban J connectivity index is 2.32. The van der Waals surface area contributed by atoms with Crippen LogP contribution in [0.15, 0.2) is 18.2 Å². The maximum atomic E-state index is 13.1. The predicted molar refractivity (Wildman–Crippen MR) is 57.5 cm³/mol. The average Bonchev–Trinajstić information content (AvgIpc) is 2.58. The van der Waals surface area contributed by atoms with Crippen LogP contribution in [-0.2, 0) is 4.79 Å². The van der Waals surface area contributed by atoms with Crippen LogP contribution in [0.25, 0.3) is 0 Å². The van der Waals surface area contributed by atoms with Gasteiger partial charge in [0.15, 0.2) is 0 Å². The Bertz CT molecular complexity index is 463. The molecule has 16 heavy (non-hydrogen) atoms. The molecule has 0 saturated carbocycles. The Kier molecular flexibility index (Phi) is 2.80. The smallest absolute Gasteiger partial charge is 0.228 e. The van der Waals surface area contributed by atoms with E-state index in [2.05, 4.69) is 0 Å². The zero-order valence-electron chi connectivity index (χ0n) is 8.28. The van der Waals surface area contributed by atoms with Crippen molar-refractivity contribution in [1.29, 1.82) is 5.26 Å². The van der Waals surface area contributed by atoms with Gasteiger partial charge in [0.1, 0.15) is 5.82 Å². The van der Waals surface area contributed by atoms with Gasteiger partial charge in [0.25, 0.3) is 0 Å². The number of anilines is 1. The van der Waals surface area contributed by atoms with Crippen LogP contribution in [0.5, 0.6) is 0 Å². The fraction of sp³-hybridized carbons (Fsp3) is 0.273. The highest BCUT2D eigenvalue weighted by Crippen LogP contribution is 2.27. The summed E-state index contributed by atoms with van der Waals surface area (Å²) in [6.07, 6.45) is 0.185.